The molecule has 2 aromatic carbocycles. The second-order valence-electron chi connectivity index (χ2n) is 4.53. The molecule has 2 nitrogen and oxygen atoms in total. The van der Waals surface area contributed by atoms with Gasteiger partial charge in [0.1, 0.15) is 5.75 Å². The Bertz CT molecular complexity index is 543. The molecular weight excluding hydrogens is 200 g/mol. The number of fused-ring (bicyclic) bond motifs is 3. The topological polar surface area (TPSA) is 29.5 Å². The van der Waals surface area contributed by atoms with Gasteiger partial charge >= 0.3 is 0 Å². The van der Waals surface area contributed by atoms with Crippen molar-refractivity contribution in [2.45, 2.75) is 18.9 Å². The molecule has 0 aromatic heterocycles. The first-order valence-electron chi connectivity index (χ1n) is 5.56. The van der Waals surface area contributed by atoms with Gasteiger partial charge in [0.15, 0.2) is 0 Å². The van der Waals surface area contributed by atoms with Crippen LogP contribution in [-0.2, 0) is 5.60 Å². The molecule has 0 radical (unpaired) electrons. The van der Waals surface area contributed by atoms with Gasteiger partial charge in [-0.15, -0.1) is 0 Å². The van der Waals surface area contributed by atoms with E-state index in [9.17, 15) is 5.11 Å². The maximum Gasteiger partial charge on any atom is 0.126 e. The number of rotatable bonds is 0. The SMILES string of the molecule is CC1(O)CCOc2ccc3ccccc3c21. The van der Waals surface area contributed by atoms with E-state index in [2.05, 4.69) is 6.07 Å². The zero-order chi connectivity index (χ0) is 11.2. The summed E-state index contributed by atoms with van der Waals surface area (Å²) >= 11 is 0. The van der Waals surface area contributed by atoms with E-state index in [0.717, 1.165) is 22.1 Å². The lowest BCUT2D eigenvalue weighted by atomic mass is 9.86. The van der Waals surface area contributed by atoms with Gasteiger partial charge in [-0.05, 0) is 23.8 Å². The smallest absolute Gasteiger partial charge is 0.126 e. The molecule has 0 spiro atoms. The molecule has 1 unspecified atom stereocenters. The normalized spacial score (nSPS) is 23.9. The lowest BCUT2D eigenvalue weighted by molar-refractivity contribution is 0.0163. The summed E-state index contributed by atoms with van der Waals surface area (Å²) in [6, 6.07) is 12.1. The first-order chi connectivity index (χ1) is 7.68. The van der Waals surface area contributed by atoms with Crippen LogP contribution in [-0.4, -0.2) is 11.7 Å². The Morgan fingerprint density at radius 3 is 2.88 bits per heavy atom. The second-order valence-corrected chi connectivity index (χ2v) is 4.53. The van der Waals surface area contributed by atoms with Crippen LogP contribution < -0.4 is 4.74 Å². The Kier molecular flexibility index (Phi) is 1.95. The zero-order valence-electron chi connectivity index (χ0n) is 9.23. The number of ether oxygens (including phenoxy) is 1. The number of benzene rings is 2. The summed E-state index contributed by atoms with van der Waals surface area (Å²) < 4.78 is 5.61. The van der Waals surface area contributed by atoms with Gasteiger partial charge in [0.25, 0.3) is 0 Å². The molecular formula is C14H14O2. The summed E-state index contributed by atoms with van der Waals surface area (Å²) in [4.78, 5) is 0. The van der Waals surface area contributed by atoms with Gasteiger partial charge in [0.05, 0.1) is 12.2 Å². The van der Waals surface area contributed by atoms with Crippen LogP contribution >= 0.6 is 0 Å². The molecule has 0 saturated heterocycles. The van der Waals surface area contributed by atoms with Gasteiger partial charge in [-0.1, -0.05) is 30.3 Å². The summed E-state index contributed by atoms with van der Waals surface area (Å²) in [5.41, 5.74) is 0.144. The minimum atomic E-state index is -0.783. The highest BCUT2D eigenvalue weighted by Crippen LogP contribution is 2.41. The maximum atomic E-state index is 10.4. The maximum absolute atomic E-state index is 10.4. The Hall–Kier alpha value is -1.54. The summed E-state index contributed by atoms with van der Waals surface area (Å²) in [6.07, 6.45) is 0.647. The van der Waals surface area contributed by atoms with Crippen molar-refractivity contribution in [3.63, 3.8) is 0 Å². The van der Waals surface area contributed by atoms with E-state index in [1.807, 2.05) is 37.3 Å². The minimum Gasteiger partial charge on any atom is -0.493 e. The molecule has 0 amide bonds. The second kappa shape index (κ2) is 3.22. The molecule has 3 rings (SSSR count). The molecule has 1 N–H and O–H groups in total. The van der Waals surface area contributed by atoms with Crippen molar-refractivity contribution in [3.8, 4) is 5.75 Å². The van der Waals surface area contributed by atoms with E-state index in [4.69, 9.17) is 4.74 Å². The van der Waals surface area contributed by atoms with Crippen LogP contribution in [0.15, 0.2) is 36.4 Å². The molecule has 1 aliphatic rings. The molecule has 0 bridgehead atoms. The average Bonchev–Trinajstić information content (AvgIpc) is 2.28. The highest BCUT2D eigenvalue weighted by atomic mass is 16.5. The lowest BCUT2D eigenvalue weighted by Gasteiger charge is -2.32. The molecule has 0 saturated carbocycles. The largest absolute Gasteiger partial charge is 0.493 e. The fourth-order valence-corrected chi connectivity index (χ4v) is 2.41. The van der Waals surface area contributed by atoms with Crippen molar-refractivity contribution in [3.05, 3.63) is 42.0 Å². The van der Waals surface area contributed by atoms with Crippen LogP contribution in [0.25, 0.3) is 10.8 Å². The van der Waals surface area contributed by atoms with Crippen LogP contribution in [0.1, 0.15) is 18.9 Å². The quantitative estimate of drug-likeness (QED) is 0.730. The lowest BCUT2D eigenvalue weighted by Crippen LogP contribution is -2.29. The molecule has 1 heterocycles. The molecule has 2 heteroatoms. The predicted octanol–water partition coefficient (Wildman–Crippen LogP) is 2.83. The van der Waals surface area contributed by atoms with E-state index in [1.165, 1.54) is 0 Å². The zero-order valence-corrected chi connectivity index (χ0v) is 9.23. The number of hydrogen-bond acceptors (Lipinski definition) is 2. The van der Waals surface area contributed by atoms with Crippen LogP contribution in [0.5, 0.6) is 5.75 Å². The molecule has 1 atom stereocenters. The first kappa shape index (κ1) is 9.67. The summed E-state index contributed by atoms with van der Waals surface area (Å²) in [5.74, 6) is 0.815. The van der Waals surface area contributed by atoms with E-state index in [0.29, 0.717) is 13.0 Å². The molecule has 2 aromatic rings. The van der Waals surface area contributed by atoms with Crippen molar-refractivity contribution in [2.75, 3.05) is 6.61 Å². The Morgan fingerprint density at radius 1 is 1.19 bits per heavy atom. The fourth-order valence-electron chi connectivity index (χ4n) is 2.41. The van der Waals surface area contributed by atoms with Gasteiger partial charge in [-0.25, -0.2) is 0 Å². The number of hydrogen-bond donors (Lipinski definition) is 1. The van der Waals surface area contributed by atoms with Gasteiger partial charge in [0.2, 0.25) is 0 Å². The van der Waals surface area contributed by atoms with Crippen molar-refractivity contribution in [1.29, 1.82) is 0 Å². The Labute approximate surface area is 94.5 Å². The number of aliphatic hydroxyl groups is 1. The predicted molar refractivity (Wildman–Crippen MR) is 63.6 cm³/mol. The third-order valence-electron chi connectivity index (χ3n) is 3.28. The van der Waals surface area contributed by atoms with Gasteiger partial charge in [-0.3, -0.25) is 0 Å². The Balaban J connectivity index is 2.39. The van der Waals surface area contributed by atoms with Crippen molar-refractivity contribution < 1.29 is 9.84 Å². The van der Waals surface area contributed by atoms with Crippen molar-refractivity contribution in [1.82, 2.24) is 0 Å². The molecule has 82 valence electrons. The third kappa shape index (κ3) is 1.30. The summed E-state index contributed by atoms with van der Waals surface area (Å²) in [5, 5.41) is 12.7. The summed E-state index contributed by atoms with van der Waals surface area (Å²) in [6.45, 7) is 2.44. The summed E-state index contributed by atoms with van der Waals surface area (Å²) in [7, 11) is 0. The first-order valence-corrected chi connectivity index (χ1v) is 5.56. The minimum absolute atomic E-state index is 0.582. The Morgan fingerprint density at radius 2 is 2.00 bits per heavy atom. The van der Waals surface area contributed by atoms with Crippen LogP contribution in [0, 0.1) is 0 Å². The van der Waals surface area contributed by atoms with E-state index < -0.39 is 5.60 Å². The average molecular weight is 214 g/mol. The van der Waals surface area contributed by atoms with E-state index in [1.54, 1.807) is 0 Å². The van der Waals surface area contributed by atoms with Gasteiger partial charge in [0, 0.05) is 12.0 Å². The van der Waals surface area contributed by atoms with Gasteiger partial charge in [-0.2, -0.15) is 0 Å². The molecule has 0 fully saturated rings. The highest BCUT2D eigenvalue weighted by Gasteiger charge is 2.32. The van der Waals surface area contributed by atoms with E-state index in [-0.39, 0.29) is 0 Å². The molecule has 1 aliphatic heterocycles. The van der Waals surface area contributed by atoms with Crippen molar-refractivity contribution in [2.24, 2.45) is 0 Å². The standard InChI is InChI=1S/C14H14O2/c1-14(15)8-9-16-12-7-6-10-4-2-3-5-11(10)13(12)14/h2-7,15H,8-9H2,1H3. The third-order valence-corrected chi connectivity index (χ3v) is 3.28. The molecule has 0 aliphatic carbocycles. The highest BCUT2D eigenvalue weighted by molar-refractivity contribution is 5.88. The van der Waals surface area contributed by atoms with Crippen LogP contribution in [0.4, 0.5) is 0 Å². The van der Waals surface area contributed by atoms with Crippen molar-refractivity contribution >= 4 is 10.8 Å². The van der Waals surface area contributed by atoms with E-state index >= 15 is 0 Å². The monoisotopic (exact) mass is 214 g/mol. The van der Waals surface area contributed by atoms with Gasteiger partial charge < -0.3 is 9.84 Å². The molecule has 16 heavy (non-hydrogen) atoms. The van der Waals surface area contributed by atoms with Crippen LogP contribution in [0.3, 0.4) is 0 Å². The van der Waals surface area contributed by atoms with Crippen LogP contribution in [0.2, 0.25) is 0 Å². The fraction of sp³-hybridized carbons (Fsp3) is 0.286.